The molecule has 0 radical (unpaired) electrons. The van der Waals surface area contributed by atoms with Crippen LogP contribution in [0.2, 0.25) is 0 Å². The summed E-state index contributed by atoms with van der Waals surface area (Å²) in [5, 5.41) is 0. The van der Waals surface area contributed by atoms with Crippen LogP contribution in [0.1, 0.15) is 12.6 Å². The number of rotatable bonds is 2. The summed E-state index contributed by atoms with van der Waals surface area (Å²) in [5.74, 6) is 0.784. The Kier molecular flexibility index (Phi) is 3.93. The lowest BCUT2D eigenvalue weighted by atomic mass is 10.2. The van der Waals surface area contributed by atoms with Gasteiger partial charge in [-0.2, -0.15) is 13.2 Å². The number of nitrogens with zero attached hydrogens (tertiary/aromatic N) is 4. The van der Waals surface area contributed by atoms with Crippen LogP contribution < -0.4 is 4.90 Å². The first kappa shape index (κ1) is 14.0. The molecule has 0 aliphatic carbocycles. The van der Waals surface area contributed by atoms with Gasteiger partial charge < -0.3 is 4.90 Å². The van der Waals surface area contributed by atoms with Crippen molar-refractivity contribution in [3.05, 3.63) is 18.1 Å². The molecule has 1 atom stereocenters. The fraction of sp³-hybridized carbons (Fsp3) is 0.667. The van der Waals surface area contributed by atoms with Crippen molar-refractivity contribution in [3.63, 3.8) is 0 Å². The van der Waals surface area contributed by atoms with Gasteiger partial charge in [-0.15, -0.1) is 0 Å². The molecule has 2 heterocycles. The molecule has 1 aliphatic heterocycles. The lowest BCUT2D eigenvalue weighted by Gasteiger charge is -2.40. The van der Waals surface area contributed by atoms with Gasteiger partial charge in [0.25, 0.3) is 0 Å². The third-order valence-corrected chi connectivity index (χ3v) is 3.20. The Morgan fingerprint density at radius 3 is 2.63 bits per heavy atom. The van der Waals surface area contributed by atoms with Gasteiger partial charge in [0.2, 0.25) is 0 Å². The Labute approximate surface area is 110 Å². The summed E-state index contributed by atoms with van der Waals surface area (Å²) in [5.41, 5.74) is 0.856. The predicted molar refractivity (Wildman–Crippen MR) is 66.1 cm³/mol. The summed E-state index contributed by atoms with van der Waals surface area (Å²) in [7, 11) is 0. The standard InChI is InChI=1S/C12H17F3N4/c1-9-5-11(17-8-16-9)19-4-3-18(6-10(19)2)7-12(13,14)15/h5,8,10H,3-4,6-7H2,1-2H3/t10-/m0/s1. The third-order valence-electron chi connectivity index (χ3n) is 3.20. The molecule has 0 unspecified atom stereocenters. The molecule has 0 N–H and O–H groups in total. The van der Waals surface area contributed by atoms with Crippen LogP contribution >= 0.6 is 0 Å². The van der Waals surface area contributed by atoms with Crippen LogP contribution in [0.25, 0.3) is 0 Å². The molecule has 0 bridgehead atoms. The van der Waals surface area contributed by atoms with E-state index in [0.29, 0.717) is 19.6 Å². The van der Waals surface area contributed by atoms with Gasteiger partial charge in [0.15, 0.2) is 0 Å². The first-order valence-corrected chi connectivity index (χ1v) is 6.19. The summed E-state index contributed by atoms with van der Waals surface area (Å²) >= 11 is 0. The van der Waals surface area contributed by atoms with Crippen LogP contribution in [0.5, 0.6) is 0 Å². The molecule has 1 fully saturated rings. The van der Waals surface area contributed by atoms with Gasteiger partial charge in [-0.3, -0.25) is 4.90 Å². The van der Waals surface area contributed by atoms with E-state index in [9.17, 15) is 13.2 Å². The van der Waals surface area contributed by atoms with Crippen molar-refractivity contribution in [1.82, 2.24) is 14.9 Å². The average molecular weight is 274 g/mol. The molecule has 19 heavy (non-hydrogen) atoms. The van der Waals surface area contributed by atoms with E-state index >= 15 is 0 Å². The second-order valence-electron chi connectivity index (χ2n) is 4.91. The Hall–Kier alpha value is -1.37. The molecular formula is C12H17F3N4. The minimum absolute atomic E-state index is 0.00500. The number of halogens is 3. The molecule has 1 aromatic rings. The average Bonchev–Trinajstić information content (AvgIpc) is 2.26. The maximum Gasteiger partial charge on any atom is 0.401 e. The number of alkyl halides is 3. The summed E-state index contributed by atoms with van der Waals surface area (Å²) in [6.07, 6.45) is -2.65. The first-order chi connectivity index (χ1) is 8.85. The summed E-state index contributed by atoms with van der Waals surface area (Å²) in [6.45, 7) is 4.28. The molecule has 1 saturated heterocycles. The second-order valence-corrected chi connectivity index (χ2v) is 4.91. The number of anilines is 1. The number of hydrogen-bond donors (Lipinski definition) is 0. The Bertz CT molecular complexity index is 435. The Morgan fingerprint density at radius 1 is 1.32 bits per heavy atom. The fourth-order valence-electron chi connectivity index (χ4n) is 2.37. The van der Waals surface area contributed by atoms with Gasteiger partial charge in [-0.05, 0) is 13.8 Å². The van der Waals surface area contributed by atoms with E-state index in [1.165, 1.54) is 11.2 Å². The van der Waals surface area contributed by atoms with Crippen molar-refractivity contribution in [1.29, 1.82) is 0 Å². The molecule has 1 aliphatic rings. The van der Waals surface area contributed by atoms with Crippen LogP contribution in [-0.2, 0) is 0 Å². The van der Waals surface area contributed by atoms with Gasteiger partial charge in [-0.25, -0.2) is 9.97 Å². The van der Waals surface area contributed by atoms with Crippen molar-refractivity contribution < 1.29 is 13.2 Å². The maximum atomic E-state index is 12.4. The number of aryl methyl sites for hydroxylation is 1. The van der Waals surface area contributed by atoms with Crippen molar-refractivity contribution in [2.45, 2.75) is 26.1 Å². The van der Waals surface area contributed by atoms with Crippen molar-refractivity contribution in [2.24, 2.45) is 0 Å². The fourth-order valence-corrected chi connectivity index (χ4v) is 2.37. The number of hydrogen-bond acceptors (Lipinski definition) is 4. The monoisotopic (exact) mass is 274 g/mol. The predicted octanol–water partition coefficient (Wildman–Crippen LogP) is 1.86. The van der Waals surface area contributed by atoms with Gasteiger partial charge in [0, 0.05) is 37.4 Å². The van der Waals surface area contributed by atoms with Crippen molar-refractivity contribution in [2.75, 3.05) is 31.1 Å². The highest BCUT2D eigenvalue weighted by Gasteiger charge is 2.34. The van der Waals surface area contributed by atoms with Gasteiger partial charge in [0.1, 0.15) is 12.1 Å². The topological polar surface area (TPSA) is 32.3 Å². The lowest BCUT2D eigenvalue weighted by Crippen LogP contribution is -2.54. The molecule has 7 heteroatoms. The van der Waals surface area contributed by atoms with E-state index in [0.717, 1.165) is 11.5 Å². The molecule has 0 saturated carbocycles. The Balaban J connectivity index is 2.01. The van der Waals surface area contributed by atoms with E-state index < -0.39 is 12.7 Å². The third kappa shape index (κ3) is 3.79. The largest absolute Gasteiger partial charge is 0.401 e. The van der Waals surface area contributed by atoms with Gasteiger partial charge >= 0.3 is 6.18 Å². The van der Waals surface area contributed by atoms with E-state index in [1.54, 1.807) is 0 Å². The number of piperazine rings is 1. The van der Waals surface area contributed by atoms with Gasteiger partial charge in [0.05, 0.1) is 6.54 Å². The molecule has 0 aromatic carbocycles. The second kappa shape index (κ2) is 5.32. The molecule has 2 rings (SSSR count). The van der Waals surface area contributed by atoms with E-state index in [-0.39, 0.29) is 6.04 Å². The van der Waals surface area contributed by atoms with Crippen LogP contribution in [0.3, 0.4) is 0 Å². The highest BCUT2D eigenvalue weighted by molar-refractivity contribution is 5.40. The smallest absolute Gasteiger partial charge is 0.351 e. The summed E-state index contributed by atoms with van der Waals surface area (Å²) in [4.78, 5) is 11.7. The maximum absolute atomic E-state index is 12.4. The van der Waals surface area contributed by atoms with E-state index in [2.05, 4.69) is 9.97 Å². The quantitative estimate of drug-likeness (QED) is 0.824. The minimum atomic E-state index is -4.13. The van der Waals surface area contributed by atoms with E-state index in [4.69, 9.17) is 0 Å². The normalized spacial score (nSPS) is 21.7. The van der Waals surface area contributed by atoms with Crippen molar-refractivity contribution >= 4 is 5.82 Å². The molecule has 1 aromatic heterocycles. The van der Waals surface area contributed by atoms with Crippen LogP contribution in [-0.4, -0.2) is 53.3 Å². The molecule has 4 nitrogen and oxygen atoms in total. The van der Waals surface area contributed by atoms with Crippen LogP contribution in [0.4, 0.5) is 19.0 Å². The summed E-state index contributed by atoms with van der Waals surface area (Å²) in [6, 6.07) is 1.86. The zero-order chi connectivity index (χ0) is 14.0. The highest BCUT2D eigenvalue weighted by Crippen LogP contribution is 2.22. The molecular weight excluding hydrogens is 257 g/mol. The number of aromatic nitrogens is 2. The molecule has 106 valence electrons. The first-order valence-electron chi connectivity index (χ1n) is 6.19. The lowest BCUT2D eigenvalue weighted by molar-refractivity contribution is -0.147. The zero-order valence-corrected chi connectivity index (χ0v) is 11.0. The SMILES string of the molecule is Cc1cc(N2CCN(CC(F)(F)F)C[C@@H]2C)ncn1. The van der Waals surface area contributed by atoms with Gasteiger partial charge in [-0.1, -0.05) is 0 Å². The Morgan fingerprint density at radius 2 is 2.05 bits per heavy atom. The molecule has 0 amide bonds. The van der Waals surface area contributed by atoms with Crippen LogP contribution in [0.15, 0.2) is 12.4 Å². The zero-order valence-electron chi connectivity index (χ0n) is 11.0. The van der Waals surface area contributed by atoms with Crippen LogP contribution in [0, 0.1) is 6.92 Å². The summed E-state index contributed by atoms with van der Waals surface area (Å²) < 4.78 is 37.1. The molecule has 0 spiro atoms. The van der Waals surface area contributed by atoms with E-state index in [1.807, 2.05) is 24.8 Å². The van der Waals surface area contributed by atoms with Crippen molar-refractivity contribution in [3.8, 4) is 0 Å². The minimum Gasteiger partial charge on any atom is -0.351 e. The highest BCUT2D eigenvalue weighted by atomic mass is 19.4.